The second-order valence-electron chi connectivity index (χ2n) is 17.9. The molecule has 0 radical (unpaired) electrons. The summed E-state index contributed by atoms with van der Waals surface area (Å²) in [4.78, 5) is 156. The Labute approximate surface area is 420 Å². The van der Waals surface area contributed by atoms with Crippen molar-refractivity contribution in [3.05, 3.63) is 35.9 Å². The highest BCUT2D eigenvalue weighted by molar-refractivity contribution is 5.98. The van der Waals surface area contributed by atoms with Gasteiger partial charge in [-0.25, -0.2) is 4.79 Å². The minimum Gasteiger partial charge on any atom is -0.480 e. The van der Waals surface area contributed by atoms with Crippen LogP contribution in [0.15, 0.2) is 30.3 Å². The Morgan fingerprint density at radius 1 is 0.603 bits per heavy atom. The maximum atomic E-state index is 14.4. The van der Waals surface area contributed by atoms with Gasteiger partial charge in [0, 0.05) is 32.2 Å². The van der Waals surface area contributed by atoms with Gasteiger partial charge in [0.25, 0.3) is 0 Å². The maximum Gasteiger partial charge on any atom is 0.328 e. The normalized spacial score (nSPS) is 16.9. The minimum atomic E-state index is -1.86. The van der Waals surface area contributed by atoms with Crippen LogP contribution in [0.5, 0.6) is 0 Å². The molecular formula is C45H70N12O16. The van der Waals surface area contributed by atoms with Crippen LogP contribution in [-0.2, 0) is 64.0 Å². The van der Waals surface area contributed by atoms with Gasteiger partial charge in [-0.15, -0.1) is 0 Å². The van der Waals surface area contributed by atoms with Crippen LogP contribution < -0.4 is 60.2 Å². The number of primary amides is 3. The van der Waals surface area contributed by atoms with E-state index in [0.717, 1.165) is 0 Å². The molecule has 0 spiro atoms. The Bertz CT molecular complexity index is 2130. The lowest BCUT2D eigenvalue weighted by Crippen LogP contribution is -2.61. The lowest BCUT2D eigenvalue weighted by Gasteiger charge is -2.31. The Kier molecular flexibility index (Phi) is 25.9. The van der Waals surface area contributed by atoms with E-state index in [4.69, 9.17) is 22.9 Å². The largest absolute Gasteiger partial charge is 0.480 e. The van der Waals surface area contributed by atoms with Crippen LogP contribution in [0.4, 0.5) is 0 Å². The molecule has 0 saturated carbocycles. The van der Waals surface area contributed by atoms with Gasteiger partial charge in [-0.05, 0) is 56.9 Å². The number of nitrogens with zero attached hydrogens (tertiary/aromatic N) is 1. The molecule has 406 valence electrons. The number of aliphatic hydroxyl groups is 3. The first-order chi connectivity index (χ1) is 34.3. The van der Waals surface area contributed by atoms with E-state index in [2.05, 4.69) is 37.2 Å². The molecule has 0 aromatic heterocycles. The molecular weight excluding hydrogens is 965 g/mol. The number of amides is 11. The molecule has 19 N–H and O–H groups in total. The number of benzene rings is 1. The zero-order chi connectivity index (χ0) is 55.1. The zero-order valence-corrected chi connectivity index (χ0v) is 40.9. The van der Waals surface area contributed by atoms with E-state index in [0.29, 0.717) is 12.0 Å². The third-order valence-electron chi connectivity index (χ3n) is 11.4. The molecule has 2 rings (SSSR count). The summed E-state index contributed by atoms with van der Waals surface area (Å²) < 4.78 is 0. The maximum absolute atomic E-state index is 14.4. The van der Waals surface area contributed by atoms with Gasteiger partial charge in [0.1, 0.15) is 42.3 Å². The molecule has 0 bridgehead atoms. The van der Waals surface area contributed by atoms with E-state index in [1.165, 1.54) is 11.8 Å². The first-order valence-corrected chi connectivity index (χ1v) is 23.5. The molecule has 1 saturated heterocycles. The number of hydrogen-bond donors (Lipinski definition) is 15. The van der Waals surface area contributed by atoms with Crippen molar-refractivity contribution >= 4 is 70.9 Å². The molecule has 28 nitrogen and oxygen atoms in total. The van der Waals surface area contributed by atoms with E-state index in [-0.39, 0.29) is 44.6 Å². The molecule has 1 heterocycles. The third kappa shape index (κ3) is 21.1. The van der Waals surface area contributed by atoms with E-state index in [9.17, 15) is 78.0 Å². The quantitative estimate of drug-likeness (QED) is 0.0319. The Balaban J connectivity index is 2.35. The van der Waals surface area contributed by atoms with Crippen molar-refractivity contribution in [2.24, 2.45) is 28.9 Å². The summed E-state index contributed by atoms with van der Waals surface area (Å²) in [7, 11) is 0. The van der Waals surface area contributed by atoms with Crippen molar-refractivity contribution in [2.75, 3.05) is 19.8 Å². The number of rotatable bonds is 32. The van der Waals surface area contributed by atoms with Crippen LogP contribution >= 0.6 is 0 Å². The van der Waals surface area contributed by atoms with Crippen LogP contribution in [0.2, 0.25) is 0 Å². The SMILES string of the molecule is CC(C)C[C@H](NC(=O)[C@@H]1CCCN1C(=O)[C@H](Cc1ccccc1)NC(=O)[C@H](CO)NC(=O)[C@H](CCC(N)=O)NC(=O)[C@H](CO)NC(=O)[C@H](CCC(N)=O)NC(=O)[C@@H](N)CCC(N)=O)C(=O)N[C@H](C(=O)O)[C@@H](C)O. The van der Waals surface area contributed by atoms with Crippen LogP contribution in [0.1, 0.15) is 84.1 Å². The third-order valence-corrected chi connectivity index (χ3v) is 11.4. The predicted molar refractivity (Wildman–Crippen MR) is 255 cm³/mol. The molecule has 11 amide bonds. The number of carbonyl (C=O) groups is 12. The average Bonchev–Trinajstić information content (AvgIpc) is 3.82. The number of carbonyl (C=O) groups excluding carboxylic acids is 11. The van der Waals surface area contributed by atoms with Crippen LogP contribution in [0, 0.1) is 5.92 Å². The molecule has 1 aliphatic heterocycles. The fraction of sp³-hybridized carbons (Fsp3) is 0.600. The van der Waals surface area contributed by atoms with Crippen molar-refractivity contribution < 1.29 is 78.0 Å². The van der Waals surface area contributed by atoms with Gasteiger partial charge in [-0.2, -0.15) is 0 Å². The molecule has 1 aromatic carbocycles. The highest BCUT2D eigenvalue weighted by Crippen LogP contribution is 2.21. The van der Waals surface area contributed by atoms with Gasteiger partial charge in [-0.1, -0.05) is 44.2 Å². The number of carboxylic acid groups (broad SMARTS) is 1. The van der Waals surface area contributed by atoms with Crippen molar-refractivity contribution in [1.29, 1.82) is 0 Å². The second-order valence-corrected chi connectivity index (χ2v) is 17.9. The monoisotopic (exact) mass is 1030 g/mol. The Hall–Kier alpha value is -7.30. The fourth-order valence-electron chi connectivity index (χ4n) is 7.46. The first-order valence-electron chi connectivity index (χ1n) is 23.5. The number of aliphatic hydroxyl groups excluding tert-OH is 3. The second kappa shape index (κ2) is 30.6. The minimum absolute atomic E-state index is 0.0220. The van der Waals surface area contributed by atoms with Crippen molar-refractivity contribution in [1.82, 2.24) is 42.1 Å². The summed E-state index contributed by atoms with van der Waals surface area (Å²) in [6.45, 7) is 2.49. The predicted octanol–water partition coefficient (Wildman–Crippen LogP) is -6.77. The van der Waals surface area contributed by atoms with E-state index >= 15 is 0 Å². The summed E-state index contributed by atoms with van der Waals surface area (Å²) in [6.07, 6.45) is -3.54. The molecule has 0 unspecified atom stereocenters. The Morgan fingerprint density at radius 3 is 1.49 bits per heavy atom. The smallest absolute Gasteiger partial charge is 0.328 e. The molecule has 1 aromatic rings. The summed E-state index contributed by atoms with van der Waals surface area (Å²) in [5, 5.41) is 56.2. The molecule has 73 heavy (non-hydrogen) atoms. The zero-order valence-electron chi connectivity index (χ0n) is 40.9. The van der Waals surface area contributed by atoms with E-state index in [1.807, 2.05) is 0 Å². The average molecular weight is 1040 g/mol. The highest BCUT2D eigenvalue weighted by atomic mass is 16.4. The topological polar surface area (TPSA) is 477 Å². The van der Waals surface area contributed by atoms with Crippen molar-refractivity contribution in [3.63, 3.8) is 0 Å². The number of carboxylic acids is 1. The molecule has 10 atom stereocenters. The lowest BCUT2D eigenvalue weighted by atomic mass is 10.0. The van der Waals surface area contributed by atoms with Crippen molar-refractivity contribution in [2.45, 2.75) is 145 Å². The van der Waals surface area contributed by atoms with Gasteiger partial charge >= 0.3 is 5.97 Å². The van der Waals surface area contributed by atoms with Crippen LogP contribution in [0.25, 0.3) is 0 Å². The summed E-state index contributed by atoms with van der Waals surface area (Å²) in [5.41, 5.74) is 21.9. The number of hydrogen-bond acceptors (Lipinski definition) is 16. The number of nitrogens with one attached hydrogen (secondary N) is 7. The molecule has 1 fully saturated rings. The van der Waals surface area contributed by atoms with Crippen LogP contribution in [-0.4, -0.2) is 177 Å². The van der Waals surface area contributed by atoms with Gasteiger partial charge < -0.3 is 85.5 Å². The van der Waals surface area contributed by atoms with Crippen LogP contribution in [0.3, 0.4) is 0 Å². The highest BCUT2D eigenvalue weighted by Gasteiger charge is 2.41. The molecule has 0 aliphatic carbocycles. The number of nitrogens with two attached hydrogens (primary N) is 4. The summed E-state index contributed by atoms with van der Waals surface area (Å²) >= 11 is 0. The fourth-order valence-corrected chi connectivity index (χ4v) is 7.46. The Morgan fingerprint density at radius 2 is 1.04 bits per heavy atom. The van der Waals surface area contributed by atoms with Gasteiger partial charge in [0.15, 0.2) is 6.04 Å². The van der Waals surface area contributed by atoms with Gasteiger partial charge in [-0.3, -0.25) is 52.7 Å². The number of likely N-dealkylation sites (tertiary alicyclic amines) is 1. The molecule has 28 heteroatoms. The van der Waals surface area contributed by atoms with Crippen molar-refractivity contribution in [3.8, 4) is 0 Å². The molecule has 1 aliphatic rings. The van der Waals surface area contributed by atoms with Gasteiger partial charge in [0.05, 0.1) is 25.4 Å². The number of aliphatic carboxylic acids is 1. The van der Waals surface area contributed by atoms with Gasteiger partial charge in [0.2, 0.25) is 65.0 Å². The lowest BCUT2D eigenvalue weighted by molar-refractivity contribution is -0.146. The first kappa shape index (κ1) is 61.8. The standard InChI is InChI=1S/C45H70N12O16/c1-22(2)18-28(40(67)56-36(23(3)60)45(72)73)52-43(70)32-10-7-17-57(32)44(71)29(19-24-8-5-4-6-9-24)53-42(69)31(21-59)55-39(66)27(13-16-35(49)63)51-41(68)30(20-58)54-38(65)26(12-15-34(48)62)50-37(64)25(46)11-14-33(47)61/h4-6,8-9,22-23,25-32,36,58-60H,7,10-21,46H2,1-3H3,(H2,47,61)(H2,48,62)(H2,49,63)(H,50,64)(H,51,68)(H,52,70)(H,53,69)(H,54,65)(H,55,66)(H,56,67)(H,72,73)/t23-,25+,26+,27+,28+,29+,30+,31+,32+,36+/m1/s1. The van der Waals surface area contributed by atoms with E-state index in [1.54, 1.807) is 44.2 Å². The summed E-state index contributed by atoms with van der Waals surface area (Å²) in [5.74, 6) is -12.3. The van der Waals surface area contributed by atoms with E-state index < -0.39 is 170 Å². The summed E-state index contributed by atoms with van der Waals surface area (Å²) in [6, 6.07) is -5.61.